The highest BCUT2D eigenvalue weighted by Gasteiger charge is 2.32. The van der Waals surface area contributed by atoms with Crippen molar-refractivity contribution < 1.29 is 60.8 Å². The van der Waals surface area contributed by atoms with Crippen molar-refractivity contribution in [3.05, 3.63) is 77.7 Å². The molecule has 8 aromatic rings. The van der Waals surface area contributed by atoms with Gasteiger partial charge in [0.1, 0.15) is 42.0 Å². The van der Waals surface area contributed by atoms with E-state index in [4.69, 9.17) is 52.6 Å². The Labute approximate surface area is 425 Å². The SMILES string of the molecule is Clc1nc(N2CCOCC2)c2cn[nH]c2n1.FC(F)(F)Cn1ncc2c(N3CCOCC3)nc(Cl)nc21.OB(O)c1cccc(O)c1.Oc1cccc(-c2nc(N3CCOCC3)c3cnn(CC(F)(F)F)c3n2)c1. The number of hydrogen-bond acceptors (Lipinski definition) is 19. The number of nitrogens with one attached hydrogen (secondary N) is 1. The van der Waals surface area contributed by atoms with Gasteiger partial charge in [-0.3, -0.25) is 5.10 Å². The molecule has 11 rings (SSSR count). The first-order valence-electron chi connectivity index (χ1n) is 22.4. The molecule has 5 N–H and O–H groups in total. The number of anilines is 3. The minimum absolute atomic E-state index is 0.0212. The first-order valence-corrected chi connectivity index (χ1v) is 23.2. The summed E-state index contributed by atoms with van der Waals surface area (Å²) in [5.41, 5.74) is 1.64. The van der Waals surface area contributed by atoms with E-state index in [2.05, 4.69) is 55.2 Å². The Morgan fingerprint density at radius 1 is 0.568 bits per heavy atom. The lowest BCUT2D eigenvalue weighted by atomic mass is 9.80. The number of benzene rings is 2. The van der Waals surface area contributed by atoms with Gasteiger partial charge in [-0.1, -0.05) is 24.3 Å². The maximum Gasteiger partial charge on any atom is 0.488 e. The minimum atomic E-state index is -4.42. The Morgan fingerprint density at radius 2 is 1.03 bits per heavy atom. The summed E-state index contributed by atoms with van der Waals surface area (Å²) in [6.45, 7) is 4.96. The number of phenols is 2. The van der Waals surface area contributed by atoms with Gasteiger partial charge in [0, 0.05) is 44.8 Å². The number of hydrogen-bond donors (Lipinski definition) is 5. The molecule has 31 heteroatoms. The minimum Gasteiger partial charge on any atom is -0.508 e. The van der Waals surface area contributed by atoms with E-state index in [1.165, 1.54) is 42.7 Å². The van der Waals surface area contributed by atoms with Crippen LogP contribution in [0.2, 0.25) is 10.6 Å². The van der Waals surface area contributed by atoms with Crippen LogP contribution >= 0.6 is 23.2 Å². The van der Waals surface area contributed by atoms with Gasteiger partial charge in [-0.15, -0.1) is 0 Å². The fourth-order valence-electron chi connectivity index (χ4n) is 7.73. The molecule has 74 heavy (non-hydrogen) atoms. The van der Waals surface area contributed by atoms with E-state index in [-0.39, 0.29) is 39.2 Å². The maximum absolute atomic E-state index is 12.9. The molecule has 0 bridgehead atoms. The first kappa shape index (κ1) is 53.4. The predicted molar refractivity (Wildman–Crippen MR) is 259 cm³/mol. The summed E-state index contributed by atoms with van der Waals surface area (Å²) >= 11 is 11.7. The summed E-state index contributed by atoms with van der Waals surface area (Å²) in [5.74, 6) is 2.10. The largest absolute Gasteiger partial charge is 0.508 e. The van der Waals surface area contributed by atoms with Crippen molar-refractivity contribution in [2.45, 2.75) is 25.4 Å². The number of H-pyrrole nitrogens is 1. The van der Waals surface area contributed by atoms with Crippen LogP contribution in [0.15, 0.2) is 67.1 Å². The van der Waals surface area contributed by atoms with Gasteiger partial charge in [-0.2, -0.15) is 61.6 Å². The van der Waals surface area contributed by atoms with Crippen LogP contribution in [0, 0.1) is 0 Å². The summed E-state index contributed by atoms with van der Waals surface area (Å²) in [4.78, 5) is 31.2. The van der Waals surface area contributed by atoms with Gasteiger partial charge in [0.25, 0.3) is 0 Å². The molecule has 3 fully saturated rings. The summed E-state index contributed by atoms with van der Waals surface area (Å²) < 4.78 is 93.9. The predicted octanol–water partition coefficient (Wildman–Crippen LogP) is 4.39. The van der Waals surface area contributed by atoms with Gasteiger partial charge < -0.3 is 49.2 Å². The maximum atomic E-state index is 12.9. The highest BCUT2D eigenvalue weighted by molar-refractivity contribution is 6.58. The molecule has 3 aliphatic rings. The molecule has 0 spiro atoms. The standard InChI is InChI=1S/C17H16F3N5O2.C11H11ClF3N5O.C9H10ClN5O.C6H7BO3/c18-17(19,20)10-25-16-13(9-21-25)15(24-4-6-27-7-5-24)22-14(23-16)11-2-1-3-12(26)8-11;12-10-17-8(19-1-3-21-4-2-19)7-5-16-20(9(7)18-10)6-11(13,14)15;10-9-12-7-6(5-11-14-7)8(13-9)15-1-3-16-4-2-15;8-6-3-1-2-5(4-6)7(9)10/h1-3,8-9,26H,4-7,10H2;5H,1-4,6H2;5H,1-4H2,(H,11,12,13,14);1-4,8-10H. The van der Waals surface area contributed by atoms with E-state index in [0.29, 0.717) is 105 Å². The monoisotopic (exact) mass is 1080 g/mol. The number of fused-ring (bicyclic) bond motifs is 3. The lowest BCUT2D eigenvalue weighted by Gasteiger charge is -2.28. The smallest absolute Gasteiger partial charge is 0.488 e. The molecule has 3 aliphatic heterocycles. The Morgan fingerprint density at radius 3 is 1.50 bits per heavy atom. The second-order valence-electron chi connectivity index (χ2n) is 16.3. The third kappa shape index (κ3) is 13.8. The number of halogens is 8. The molecule has 0 saturated carbocycles. The summed E-state index contributed by atoms with van der Waals surface area (Å²) in [6, 6.07) is 12.1. The van der Waals surface area contributed by atoms with E-state index in [1.807, 2.05) is 9.80 Å². The molecular weight excluding hydrogens is 1030 g/mol. The van der Waals surface area contributed by atoms with E-state index in [1.54, 1.807) is 24.4 Å². The molecule has 3 saturated heterocycles. The molecule has 0 amide bonds. The van der Waals surface area contributed by atoms with Crippen LogP contribution in [0.5, 0.6) is 11.5 Å². The number of alkyl halides is 6. The molecule has 9 heterocycles. The number of aromatic nitrogens is 12. The normalized spacial score (nSPS) is 15.3. The van der Waals surface area contributed by atoms with Crippen LogP contribution in [-0.4, -0.2) is 178 Å². The molecule has 2 aromatic carbocycles. The molecule has 392 valence electrons. The van der Waals surface area contributed by atoms with E-state index >= 15 is 0 Å². The topological polar surface area (TPSA) is 260 Å². The number of nitrogens with zero attached hydrogens (tertiary/aromatic N) is 14. The van der Waals surface area contributed by atoms with Crippen LogP contribution in [0.25, 0.3) is 44.5 Å². The third-order valence-electron chi connectivity index (χ3n) is 11.0. The lowest BCUT2D eigenvalue weighted by Crippen LogP contribution is -2.37. The molecular formula is C43H44BCl2F6N15O7. The molecule has 6 aromatic heterocycles. The number of rotatable bonds is 7. The zero-order valence-corrected chi connectivity index (χ0v) is 40.1. The van der Waals surface area contributed by atoms with Crippen molar-refractivity contribution in [2.24, 2.45) is 0 Å². The zero-order chi connectivity index (χ0) is 52.6. The molecule has 0 unspecified atom stereocenters. The molecule has 0 aliphatic carbocycles. The highest BCUT2D eigenvalue weighted by atomic mass is 35.5. The van der Waals surface area contributed by atoms with Gasteiger partial charge in [-0.05, 0) is 52.9 Å². The van der Waals surface area contributed by atoms with Crippen molar-refractivity contribution in [1.82, 2.24) is 59.7 Å². The summed E-state index contributed by atoms with van der Waals surface area (Å²) in [6.07, 6.45) is -4.39. The van der Waals surface area contributed by atoms with Gasteiger partial charge in [0.2, 0.25) is 10.6 Å². The van der Waals surface area contributed by atoms with Crippen molar-refractivity contribution in [1.29, 1.82) is 0 Å². The van der Waals surface area contributed by atoms with E-state index < -0.39 is 32.6 Å². The second-order valence-corrected chi connectivity index (χ2v) is 16.9. The highest BCUT2D eigenvalue weighted by Crippen LogP contribution is 2.32. The van der Waals surface area contributed by atoms with Crippen LogP contribution < -0.4 is 20.2 Å². The fourth-order valence-corrected chi connectivity index (χ4v) is 8.05. The average Bonchev–Trinajstić information content (AvgIpc) is 4.12. The van der Waals surface area contributed by atoms with Gasteiger partial charge in [-0.25, -0.2) is 19.3 Å². The molecule has 0 atom stereocenters. The van der Waals surface area contributed by atoms with Crippen molar-refractivity contribution in [3.63, 3.8) is 0 Å². The third-order valence-corrected chi connectivity index (χ3v) is 11.4. The van der Waals surface area contributed by atoms with Gasteiger partial charge in [0.05, 0.1) is 74.4 Å². The summed E-state index contributed by atoms with van der Waals surface area (Å²) in [7, 11) is -1.51. The summed E-state index contributed by atoms with van der Waals surface area (Å²) in [5, 5.41) is 52.1. The Hall–Kier alpha value is -6.89. The molecule has 0 radical (unpaired) electrons. The van der Waals surface area contributed by atoms with Gasteiger partial charge in [0.15, 0.2) is 22.8 Å². The average molecular weight is 1080 g/mol. The lowest BCUT2D eigenvalue weighted by molar-refractivity contribution is -0.142. The number of morpholine rings is 3. The number of aromatic amines is 1. The number of phenolic OH excluding ortho intramolecular Hbond substituents is 2. The zero-order valence-electron chi connectivity index (χ0n) is 38.6. The van der Waals surface area contributed by atoms with Crippen molar-refractivity contribution >= 4 is 86.3 Å². The number of aromatic hydroxyl groups is 2. The van der Waals surface area contributed by atoms with Crippen LogP contribution in [0.3, 0.4) is 0 Å². The molecule has 22 nitrogen and oxygen atoms in total. The van der Waals surface area contributed by atoms with Crippen LogP contribution in [0.4, 0.5) is 43.8 Å². The van der Waals surface area contributed by atoms with Crippen LogP contribution in [-0.2, 0) is 27.3 Å². The van der Waals surface area contributed by atoms with Crippen molar-refractivity contribution in [3.8, 4) is 22.9 Å². The van der Waals surface area contributed by atoms with E-state index in [0.717, 1.165) is 33.7 Å². The Bertz CT molecular complexity index is 3150. The van der Waals surface area contributed by atoms with Crippen molar-refractivity contribution in [2.75, 3.05) is 93.6 Å². The quantitative estimate of drug-likeness (QED) is 0.0842. The fraction of sp³-hybridized carbons (Fsp3) is 0.372. The Balaban J connectivity index is 0.000000138. The number of ether oxygens (including phenoxy) is 3. The van der Waals surface area contributed by atoms with E-state index in [9.17, 15) is 31.4 Å². The van der Waals surface area contributed by atoms with Gasteiger partial charge >= 0.3 is 19.5 Å². The first-order chi connectivity index (χ1) is 35.4. The second kappa shape index (κ2) is 23.5. The van der Waals surface area contributed by atoms with Crippen LogP contribution in [0.1, 0.15) is 0 Å². The Kier molecular flexibility index (Phi) is 17.0.